The van der Waals surface area contributed by atoms with Crippen LogP contribution in [0.5, 0.6) is 0 Å². The summed E-state index contributed by atoms with van der Waals surface area (Å²) in [6.45, 7) is 2.50. The highest BCUT2D eigenvalue weighted by atomic mass is 16.5. The number of aromatic nitrogens is 1. The number of nitrogens with zero attached hydrogens (tertiary/aromatic N) is 1. The molecule has 0 saturated carbocycles. The summed E-state index contributed by atoms with van der Waals surface area (Å²) in [5.41, 5.74) is 1.21. The van der Waals surface area contributed by atoms with E-state index in [2.05, 4.69) is 16.4 Å². The molecule has 1 aliphatic rings. The van der Waals surface area contributed by atoms with Crippen LogP contribution in [0.4, 0.5) is 0 Å². The van der Waals surface area contributed by atoms with Gasteiger partial charge in [-0.25, -0.2) is 0 Å². The first-order chi connectivity index (χ1) is 5.97. The Morgan fingerprint density at radius 3 is 3.25 bits per heavy atom. The van der Waals surface area contributed by atoms with Crippen molar-refractivity contribution >= 4 is 0 Å². The fraction of sp³-hybridized carbons (Fsp3) is 0.444. The Labute approximate surface area is 71.8 Å². The zero-order chi connectivity index (χ0) is 8.23. The molecule has 0 aliphatic carbocycles. The van der Waals surface area contributed by atoms with Gasteiger partial charge in [0.15, 0.2) is 0 Å². The van der Waals surface area contributed by atoms with Gasteiger partial charge in [-0.2, -0.15) is 0 Å². The second-order valence-corrected chi connectivity index (χ2v) is 2.87. The third-order valence-corrected chi connectivity index (χ3v) is 2.01. The molecule has 0 bridgehead atoms. The Morgan fingerprint density at radius 2 is 2.58 bits per heavy atom. The van der Waals surface area contributed by atoms with Crippen LogP contribution in [0, 0.1) is 0 Å². The van der Waals surface area contributed by atoms with E-state index in [1.807, 2.05) is 12.3 Å². The van der Waals surface area contributed by atoms with Gasteiger partial charge >= 0.3 is 0 Å². The summed E-state index contributed by atoms with van der Waals surface area (Å²) in [6.07, 6.45) is 3.67. The summed E-state index contributed by atoms with van der Waals surface area (Å²) in [7, 11) is 0. The average Bonchev–Trinajstić information content (AvgIpc) is 2.21. The van der Waals surface area contributed by atoms with E-state index in [1.165, 1.54) is 5.56 Å². The molecule has 64 valence electrons. The number of nitrogens with one attached hydrogen (secondary N) is 1. The lowest BCUT2D eigenvalue weighted by molar-refractivity contribution is 0.0768. The van der Waals surface area contributed by atoms with Gasteiger partial charge in [-0.3, -0.25) is 4.98 Å². The van der Waals surface area contributed by atoms with Gasteiger partial charge in [0.05, 0.1) is 19.3 Å². The van der Waals surface area contributed by atoms with Gasteiger partial charge in [0.25, 0.3) is 0 Å². The van der Waals surface area contributed by atoms with Crippen LogP contribution in [0.3, 0.4) is 0 Å². The molecule has 1 aromatic heterocycles. The molecule has 1 aromatic rings. The van der Waals surface area contributed by atoms with Crippen molar-refractivity contribution in [2.45, 2.75) is 6.04 Å². The molecule has 3 heteroatoms. The number of hydrogen-bond donors (Lipinski definition) is 1. The minimum atomic E-state index is 0.326. The van der Waals surface area contributed by atoms with Crippen molar-refractivity contribution in [1.82, 2.24) is 10.3 Å². The summed E-state index contributed by atoms with van der Waals surface area (Å²) < 4.78 is 5.35. The highest BCUT2D eigenvalue weighted by Crippen LogP contribution is 2.13. The van der Waals surface area contributed by atoms with E-state index in [-0.39, 0.29) is 0 Å². The molecule has 0 amide bonds. The van der Waals surface area contributed by atoms with Gasteiger partial charge in [-0.15, -0.1) is 0 Å². The largest absolute Gasteiger partial charge is 0.378 e. The lowest BCUT2D eigenvalue weighted by Gasteiger charge is -2.23. The summed E-state index contributed by atoms with van der Waals surface area (Å²) in [5.74, 6) is 0. The van der Waals surface area contributed by atoms with Gasteiger partial charge in [0.2, 0.25) is 0 Å². The van der Waals surface area contributed by atoms with Crippen molar-refractivity contribution < 1.29 is 4.74 Å². The van der Waals surface area contributed by atoms with E-state index < -0.39 is 0 Å². The van der Waals surface area contributed by atoms with Gasteiger partial charge in [-0.1, -0.05) is 6.07 Å². The Balaban J connectivity index is 2.08. The van der Waals surface area contributed by atoms with Gasteiger partial charge in [0, 0.05) is 18.9 Å². The van der Waals surface area contributed by atoms with Gasteiger partial charge in [-0.05, 0) is 11.6 Å². The molecule has 1 unspecified atom stereocenters. The second kappa shape index (κ2) is 3.65. The Morgan fingerprint density at radius 1 is 1.58 bits per heavy atom. The predicted octanol–water partition coefficient (Wildman–Crippen LogP) is 0.743. The van der Waals surface area contributed by atoms with Gasteiger partial charge < -0.3 is 10.1 Å². The minimum absolute atomic E-state index is 0.326. The highest BCUT2D eigenvalue weighted by Gasteiger charge is 2.14. The van der Waals surface area contributed by atoms with Gasteiger partial charge in [0.1, 0.15) is 0 Å². The molecule has 1 saturated heterocycles. The molecule has 2 heterocycles. The van der Waals surface area contributed by atoms with E-state index in [0.717, 1.165) is 19.8 Å². The van der Waals surface area contributed by atoms with Crippen LogP contribution in [-0.4, -0.2) is 24.7 Å². The number of ether oxygens (including phenoxy) is 1. The first kappa shape index (κ1) is 7.71. The molecule has 2 rings (SSSR count). The molecule has 1 fully saturated rings. The van der Waals surface area contributed by atoms with Crippen molar-refractivity contribution in [3.8, 4) is 0 Å². The Bertz CT molecular complexity index is 232. The van der Waals surface area contributed by atoms with Crippen LogP contribution in [0.25, 0.3) is 0 Å². The molecule has 0 aromatic carbocycles. The quantitative estimate of drug-likeness (QED) is 0.664. The maximum Gasteiger partial charge on any atom is 0.0662 e. The van der Waals surface area contributed by atoms with Crippen molar-refractivity contribution in [2.24, 2.45) is 0 Å². The van der Waals surface area contributed by atoms with Crippen LogP contribution >= 0.6 is 0 Å². The van der Waals surface area contributed by atoms with Crippen LogP contribution < -0.4 is 5.32 Å². The number of morpholine rings is 1. The Kier molecular flexibility index (Phi) is 2.34. The van der Waals surface area contributed by atoms with Crippen LogP contribution in [0.1, 0.15) is 11.6 Å². The summed E-state index contributed by atoms with van der Waals surface area (Å²) in [4.78, 5) is 4.06. The van der Waals surface area contributed by atoms with Crippen molar-refractivity contribution in [3.05, 3.63) is 30.1 Å². The molecule has 0 spiro atoms. The summed E-state index contributed by atoms with van der Waals surface area (Å²) >= 11 is 0. The first-order valence-corrected chi connectivity index (χ1v) is 4.18. The van der Waals surface area contributed by atoms with Crippen LogP contribution in [-0.2, 0) is 4.74 Å². The number of pyridine rings is 1. The van der Waals surface area contributed by atoms with Crippen LogP contribution in [0.15, 0.2) is 24.5 Å². The number of hydrogen-bond acceptors (Lipinski definition) is 3. The standard InChI is InChI=1S/C9H12N2O/c1-2-8(6-10-3-1)9-7-12-5-4-11-9/h1-3,6,9,11H,4-5,7H2. The zero-order valence-electron chi connectivity index (χ0n) is 6.86. The van der Waals surface area contributed by atoms with E-state index in [0.29, 0.717) is 6.04 Å². The van der Waals surface area contributed by atoms with Crippen molar-refractivity contribution in [2.75, 3.05) is 19.8 Å². The van der Waals surface area contributed by atoms with E-state index in [1.54, 1.807) is 6.20 Å². The lowest BCUT2D eigenvalue weighted by Crippen LogP contribution is -2.34. The minimum Gasteiger partial charge on any atom is -0.378 e. The average molecular weight is 164 g/mol. The highest BCUT2D eigenvalue weighted by molar-refractivity contribution is 5.14. The molecule has 1 aliphatic heterocycles. The fourth-order valence-electron chi connectivity index (χ4n) is 1.36. The smallest absolute Gasteiger partial charge is 0.0662 e. The predicted molar refractivity (Wildman–Crippen MR) is 45.8 cm³/mol. The third kappa shape index (κ3) is 1.62. The maximum absolute atomic E-state index is 5.35. The van der Waals surface area contributed by atoms with Crippen molar-refractivity contribution in [3.63, 3.8) is 0 Å². The summed E-state index contributed by atoms with van der Waals surface area (Å²) in [6, 6.07) is 4.35. The molecular weight excluding hydrogens is 152 g/mol. The van der Waals surface area contributed by atoms with E-state index in [4.69, 9.17) is 4.74 Å². The normalized spacial score (nSPS) is 23.8. The molecule has 3 nitrogen and oxygen atoms in total. The maximum atomic E-state index is 5.35. The van der Waals surface area contributed by atoms with Crippen molar-refractivity contribution in [1.29, 1.82) is 0 Å². The third-order valence-electron chi connectivity index (χ3n) is 2.01. The zero-order valence-corrected chi connectivity index (χ0v) is 6.86. The van der Waals surface area contributed by atoms with Crippen LogP contribution in [0.2, 0.25) is 0 Å². The fourth-order valence-corrected chi connectivity index (χ4v) is 1.36. The van der Waals surface area contributed by atoms with E-state index in [9.17, 15) is 0 Å². The molecule has 1 atom stereocenters. The molecular formula is C9H12N2O. The first-order valence-electron chi connectivity index (χ1n) is 4.18. The topological polar surface area (TPSA) is 34.1 Å². The second-order valence-electron chi connectivity index (χ2n) is 2.87. The monoisotopic (exact) mass is 164 g/mol. The SMILES string of the molecule is c1cncc(C2COCCN2)c1. The Hall–Kier alpha value is -0.930. The molecule has 12 heavy (non-hydrogen) atoms. The lowest BCUT2D eigenvalue weighted by atomic mass is 10.1. The molecule has 1 N–H and O–H groups in total. The number of rotatable bonds is 1. The van der Waals surface area contributed by atoms with E-state index >= 15 is 0 Å². The molecule has 0 radical (unpaired) electrons. The summed E-state index contributed by atoms with van der Waals surface area (Å²) in [5, 5.41) is 3.37.